The molecule has 2 aromatic rings. The van der Waals surface area contributed by atoms with Crippen LogP contribution in [0, 0.1) is 0 Å². The number of thioether (sulfide) groups is 1. The first-order valence-corrected chi connectivity index (χ1v) is 8.88. The van der Waals surface area contributed by atoms with Gasteiger partial charge in [-0.15, -0.1) is 24.2 Å². The lowest BCUT2D eigenvalue weighted by molar-refractivity contribution is 0.0950. The summed E-state index contributed by atoms with van der Waals surface area (Å²) in [7, 11) is 1.51. The van der Waals surface area contributed by atoms with Crippen LogP contribution in [-0.4, -0.2) is 24.3 Å². The molecular formula is C18H20Cl2N2O2S. The van der Waals surface area contributed by atoms with Crippen LogP contribution < -0.4 is 15.8 Å². The molecule has 0 aliphatic heterocycles. The molecular weight excluding hydrogens is 379 g/mol. The zero-order valence-electron chi connectivity index (χ0n) is 13.8. The largest absolute Gasteiger partial charge is 0.496 e. The van der Waals surface area contributed by atoms with Gasteiger partial charge in [-0.1, -0.05) is 29.8 Å². The number of nitrogens with one attached hydrogen (secondary N) is 1. The summed E-state index contributed by atoms with van der Waals surface area (Å²) in [6.07, 6.45) is 2.18. The quantitative estimate of drug-likeness (QED) is 0.707. The monoisotopic (exact) mass is 398 g/mol. The number of benzene rings is 2. The maximum absolute atomic E-state index is 12.5. The van der Waals surface area contributed by atoms with E-state index >= 15 is 0 Å². The van der Waals surface area contributed by atoms with Crippen LogP contribution in [0.2, 0.25) is 5.02 Å². The molecule has 1 fully saturated rings. The van der Waals surface area contributed by atoms with Crippen LogP contribution in [0.3, 0.4) is 0 Å². The summed E-state index contributed by atoms with van der Waals surface area (Å²) < 4.78 is 5.33. The maximum atomic E-state index is 12.5. The SMILES string of the molecule is COc1cc(N)c(Cl)cc1C(=O)NCC1(Sc2ccccc2)CC1.Cl. The van der Waals surface area contributed by atoms with Gasteiger partial charge in [0.25, 0.3) is 5.91 Å². The molecule has 1 amide bonds. The van der Waals surface area contributed by atoms with Gasteiger partial charge < -0.3 is 15.8 Å². The molecule has 0 saturated heterocycles. The fraction of sp³-hybridized carbons (Fsp3) is 0.278. The van der Waals surface area contributed by atoms with Gasteiger partial charge >= 0.3 is 0 Å². The van der Waals surface area contributed by atoms with E-state index in [9.17, 15) is 4.79 Å². The molecule has 7 heteroatoms. The third-order valence-corrected chi connectivity index (χ3v) is 5.84. The van der Waals surface area contributed by atoms with Crippen LogP contribution >= 0.6 is 35.8 Å². The molecule has 1 aliphatic carbocycles. The van der Waals surface area contributed by atoms with E-state index in [1.54, 1.807) is 12.1 Å². The average molecular weight is 399 g/mol. The van der Waals surface area contributed by atoms with E-state index in [-0.39, 0.29) is 23.1 Å². The predicted molar refractivity (Wildman–Crippen MR) is 106 cm³/mol. The number of ether oxygens (including phenoxy) is 1. The van der Waals surface area contributed by atoms with E-state index in [1.165, 1.54) is 12.0 Å². The van der Waals surface area contributed by atoms with Crippen molar-refractivity contribution in [1.29, 1.82) is 0 Å². The van der Waals surface area contributed by atoms with Gasteiger partial charge in [0, 0.05) is 22.3 Å². The van der Waals surface area contributed by atoms with E-state index in [0.717, 1.165) is 12.8 Å². The summed E-state index contributed by atoms with van der Waals surface area (Å²) in [5.74, 6) is 0.226. The minimum absolute atomic E-state index is 0. The van der Waals surface area contributed by atoms with Gasteiger partial charge in [-0.05, 0) is 31.0 Å². The number of carbonyl (C=O) groups excluding carboxylic acids is 1. The fourth-order valence-electron chi connectivity index (χ4n) is 2.44. The Morgan fingerprint density at radius 1 is 1.32 bits per heavy atom. The molecule has 4 nitrogen and oxygen atoms in total. The van der Waals surface area contributed by atoms with Gasteiger partial charge in [0.2, 0.25) is 0 Å². The molecule has 0 heterocycles. The number of anilines is 1. The molecule has 1 saturated carbocycles. The molecule has 25 heavy (non-hydrogen) atoms. The van der Waals surface area contributed by atoms with E-state index in [0.29, 0.717) is 28.6 Å². The van der Waals surface area contributed by atoms with Crippen molar-refractivity contribution in [3.63, 3.8) is 0 Å². The van der Waals surface area contributed by atoms with Crippen molar-refractivity contribution in [1.82, 2.24) is 5.32 Å². The van der Waals surface area contributed by atoms with Crippen molar-refractivity contribution in [2.75, 3.05) is 19.4 Å². The molecule has 0 atom stereocenters. The first-order chi connectivity index (χ1) is 11.5. The third kappa shape index (κ3) is 4.75. The van der Waals surface area contributed by atoms with E-state index < -0.39 is 0 Å². The molecule has 134 valence electrons. The van der Waals surface area contributed by atoms with Gasteiger partial charge in [0.15, 0.2) is 0 Å². The number of nitrogens with two attached hydrogens (primary N) is 1. The second-order valence-electron chi connectivity index (χ2n) is 5.85. The minimum atomic E-state index is -0.200. The van der Waals surface area contributed by atoms with Gasteiger partial charge in [-0.25, -0.2) is 0 Å². The Morgan fingerprint density at radius 2 is 2.00 bits per heavy atom. The van der Waals surface area contributed by atoms with E-state index in [1.807, 2.05) is 30.0 Å². The summed E-state index contributed by atoms with van der Waals surface area (Å²) in [4.78, 5) is 13.7. The van der Waals surface area contributed by atoms with Crippen molar-refractivity contribution in [2.45, 2.75) is 22.5 Å². The molecule has 0 radical (unpaired) electrons. The topological polar surface area (TPSA) is 64.3 Å². The van der Waals surface area contributed by atoms with Crippen molar-refractivity contribution in [3.05, 3.63) is 53.1 Å². The Morgan fingerprint density at radius 3 is 2.60 bits per heavy atom. The Kier molecular flexibility index (Phi) is 6.49. The van der Waals surface area contributed by atoms with Crippen LogP contribution in [0.4, 0.5) is 5.69 Å². The standard InChI is InChI=1S/C18H19ClN2O2S.ClH/c1-23-16-10-15(20)14(19)9-13(16)17(22)21-11-18(7-8-18)24-12-5-3-2-4-6-12;/h2-6,9-10H,7-8,11,20H2,1H3,(H,21,22);1H. The normalized spacial score (nSPS) is 14.3. The lowest BCUT2D eigenvalue weighted by atomic mass is 10.1. The first kappa shape index (κ1) is 19.8. The van der Waals surface area contributed by atoms with Crippen molar-refractivity contribution in [2.24, 2.45) is 0 Å². The highest BCUT2D eigenvalue weighted by atomic mass is 35.5. The summed E-state index contributed by atoms with van der Waals surface area (Å²) in [6, 6.07) is 13.4. The van der Waals surface area contributed by atoms with Crippen LogP contribution in [0.15, 0.2) is 47.4 Å². The van der Waals surface area contributed by atoms with Crippen molar-refractivity contribution < 1.29 is 9.53 Å². The number of carbonyl (C=O) groups is 1. The summed E-state index contributed by atoms with van der Waals surface area (Å²) >= 11 is 7.85. The second kappa shape index (κ2) is 8.21. The molecule has 0 bridgehead atoms. The molecule has 3 rings (SSSR count). The lowest BCUT2D eigenvalue weighted by Gasteiger charge is -2.17. The van der Waals surface area contributed by atoms with Gasteiger partial charge in [-0.3, -0.25) is 4.79 Å². The molecule has 0 unspecified atom stereocenters. The predicted octanol–water partition coefficient (Wildman–Crippen LogP) is 4.41. The van der Waals surface area contributed by atoms with Crippen LogP contribution in [0.25, 0.3) is 0 Å². The minimum Gasteiger partial charge on any atom is -0.496 e. The highest BCUT2D eigenvalue weighted by Crippen LogP contribution is 2.51. The average Bonchev–Trinajstić information content (AvgIpc) is 3.35. The second-order valence-corrected chi connectivity index (χ2v) is 7.80. The Hall–Kier alpha value is -1.56. The van der Waals surface area contributed by atoms with E-state index in [2.05, 4.69) is 17.4 Å². The number of amides is 1. The van der Waals surface area contributed by atoms with E-state index in [4.69, 9.17) is 22.1 Å². The zero-order valence-corrected chi connectivity index (χ0v) is 16.1. The molecule has 0 spiro atoms. The van der Waals surface area contributed by atoms with Gasteiger partial charge in [-0.2, -0.15) is 0 Å². The molecule has 0 aromatic heterocycles. The summed E-state index contributed by atoms with van der Waals surface area (Å²) in [5.41, 5.74) is 6.55. The van der Waals surface area contributed by atoms with Crippen molar-refractivity contribution >= 4 is 47.4 Å². The highest BCUT2D eigenvalue weighted by Gasteiger charge is 2.44. The molecule has 2 aromatic carbocycles. The number of hydrogen-bond donors (Lipinski definition) is 2. The Labute approximate surface area is 162 Å². The van der Waals surface area contributed by atoms with Crippen LogP contribution in [0.5, 0.6) is 5.75 Å². The zero-order chi connectivity index (χ0) is 17.2. The fourth-order valence-corrected chi connectivity index (χ4v) is 3.85. The Bertz CT molecular complexity index is 752. The van der Waals surface area contributed by atoms with Crippen LogP contribution in [0.1, 0.15) is 23.2 Å². The maximum Gasteiger partial charge on any atom is 0.255 e. The third-order valence-electron chi connectivity index (χ3n) is 4.02. The number of methoxy groups -OCH3 is 1. The number of rotatable bonds is 6. The molecule has 3 N–H and O–H groups in total. The van der Waals surface area contributed by atoms with Gasteiger partial charge in [0.05, 0.1) is 23.4 Å². The smallest absolute Gasteiger partial charge is 0.255 e. The summed E-state index contributed by atoms with van der Waals surface area (Å²) in [5, 5.41) is 3.35. The summed E-state index contributed by atoms with van der Waals surface area (Å²) in [6.45, 7) is 0.608. The number of nitrogen functional groups attached to an aromatic ring is 1. The molecule has 1 aliphatic rings. The highest BCUT2D eigenvalue weighted by molar-refractivity contribution is 8.01. The number of halogens is 2. The van der Waals surface area contributed by atoms with Crippen molar-refractivity contribution in [3.8, 4) is 5.75 Å². The first-order valence-electron chi connectivity index (χ1n) is 7.68. The van der Waals surface area contributed by atoms with Crippen LogP contribution in [-0.2, 0) is 0 Å². The Balaban J connectivity index is 0.00000225. The lowest BCUT2D eigenvalue weighted by Crippen LogP contribution is -2.32. The van der Waals surface area contributed by atoms with Gasteiger partial charge in [0.1, 0.15) is 5.75 Å². The number of hydrogen-bond acceptors (Lipinski definition) is 4.